The van der Waals surface area contributed by atoms with Gasteiger partial charge in [-0.05, 0) is 38.5 Å². The molecule has 0 heterocycles. The molecule has 1 rings (SSSR count). The smallest absolute Gasteiger partial charge is 0.417 e. The summed E-state index contributed by atoms with van der Waals surface area (Å²) in [6.45, 7) is 8.26. The molecule has 19 heavy (non-hydrogen) atoms. The molecule has 0 atom stereocenters. The molecule has 0 aliphatic heterocycles. The van der Waals surface area contributed by atoms with Crippen molar-refractivity contribution in [1.82, 2.24) is 0 Å². The topological polar surface area (TPSA) is 26.3 Å². The maximum atomic E-state index is 12.8. The zero-order chi connectivity index (χ0) is 14.8. The van der Waals surface area contributed by atoms with Crippen molar-refractivity contribution >= 4 is 12.0 Å². The van der Waals surface area contributed by atoms with Gasteiger partial charge in [0.2, 0.25) is 0 Å². The van der Waals surface area contributed by atoms with Crippen LogP contribution in [-0.2, 0) is 10.9 Å². The number of esters is 1. The Balaban J connectivity index is 3.19. The van der Waals surface area contributed by atoms with Crippen molar-refractivity contribution in [1.29, 1.82) is 0 Å². The highest BCUT2D eigenvalue weighted by Gasteiger charge is 2.33. The Hall–Kier alpha value is -1.78. The van der Waals surface area contributed by atoms with Crippen LogP contribution in [0.3, 0.4) is 0 Å². The monoisotopic (exact) mass is 272 g/mol. The van der Waals surface area contributed by atoms with Gasteiger partial charge in [-0.25, -0.2) is 4.79 Å². The molecule has 0 fully saturated rings. The molecule has 5 heteroatoms. The molecule has 104 valence electrons. The van der Waals surface area contributed by atoms with Crippen molar-refractivity contribution in [3.8, 4) is 0 Å². The molecule has 0 saturated heterocycles. The Kier molecular flexibility index (Phi) is 4.08. The number of rotatable bonds is 2. The van der Waals surface area contributed by atoms with Gasteiger partial charge in [-0.3, -0.25) is 0 Å². The average molecular weight is 272 g/mol. The largest absolute Gasteiger partial charge is 0.456 e. The quantitative estimate of drug-likeness (QED) is 0.750. The van der Waals surface area contributed by atoms with Crippen LogP contribution in [0.15, 0.2) is 24.8 Å². The number of alkyl halides is 3. The Bertz CT molecular complexity index is 496. The lowest BCUT2D eigenvalue weighted by atomic mass is 10.0. The van der Waals surface area contributed by atoms with Gasteiger partial charge in [0, 0.05) is 0 Å². The van der Waals surface area contributed by atoms with E-state index in [1.807, 2.05) is 0 Å². The van der Waals surface area contributed by atoms with Crippen molar-refractivity contribution in [3.63, 3.8) is 0 Å². The summed E-state index contributed by atoms with van der Waals surface area (Å²) in [5.74, 6) is -0.784. The molecule has 2 nitrogen and oxygen atoms in total. The first-order valence-corrected chi connectivity index (χ1v) is 5.61. The van der Waals surface area contributed by atoms with Gasteiger partial charge in [-0.1, -0.05) is 18.7 Å². The van der Waals surface area contributed by atoms with E-state index in [1.54, 1.807) is 20.8 Å². The first-order chi connectivity index (χ1) is 8.54. The Labute approximate surface area is 109 Å². The fraction of sp³-hybridized carbons (Fsp3) is 0.357. The van der Waals surface area contributed by atoms with Gasteiger partial charge in [0.1, 0.15) is 5.60 Å². The molecule has 0 aliphatic carbocycles. The van der Waals surface area contributed by atoms with Crippen LogP contribution in [0.5, 0.6) is 0 Å². The van der Waals surface area contributed by atoms with E-state index in [0.717, 1.165) is 12.1 Å². The SMILES string of the molecule is C=Cc1ccc(C(=O)OC(C)(C)C)cc1C(F)(F)F. The third-order valence-electron chi connectivity index (χ3n) is 2.21. The molecule has 0 amide bonds. The van der Waals surface area contributed by atoms with E-state index in [-0.39, 0.29) is 11.1 Å². The molecule has 0 spiro atoms. The predicted molar refractivity (Wildman–Crippen MR) is 66.7 cm³/mol. The number of carbonyl (C=O) groups excluding carboxylic acids is 1. The van der Waals surface area contributed by atoms with Gasteiger partial charge in [-0.2, -0.15) is 13.2 Å². The summed E-state index contributed by atoms with van der Waals surface area (Å²) in [6.07, 6.45) is -3.44. The first-order valence-electron chi connectivity index (χ1n) is 5.61. The van der Waals surface area contributed by atoms with Gasteiger partial charge in [0.05, 0.1) is 11.1 Å². The highest BCUT2D eigenvalue weighted by Crippen LogP contribution is 2.33. The summed E-state index contributed by atoms with van der Waals surface area (Å²) in [4.78, 5) is 11.7. The molecule has 0 N–H and O–H groups in total. The highest BCUT2D eigenvalue weighted by molar-refractivity contribution is 5.90. The molecule has 0 unspecified atom stereocenters. The fourth-order valence-corrected chi connectivity index (χ4v) is 1.44. The van der Waals surface area contributed by atoms with Gasteiger partial charge in [-0.15, -0.1) is 0 Å². The standard InChI is InChI=1S/C14H15F3O2/c1-5-9-6-7-10(8-11(9)14(15,16)17)12(18)19-13(2,3)4/h5-8H,1H2,2-4H3. The average Bonchev–Trinajstić information content (AvgIpc) is 2.24. The van der Waals surface area contributed by atoms with Crippen molar-refractivity contribution < 1.29 is 22.7 Å². The molecular formula is C14H15F3O2. The van der Waals surface area contributed by atoms with E-state index in [1.165, 1.54) is 12.1 Å². The van der Waals surface area contributed by atoms with Gasteiger partial charge in [0.25, 0.3) is 0 Å². The summed E-state index contributed by atoms with van der Waals surface area (Å²) >= 11 is 0. The molecule has 1 aromatic rings. The van der Waals surface area contributed by atoms with Crippen LogP contribution < -0.4 is 0 Å². The second-order valence-electron chi connectivity index (χ2n) is 5.01. The Morgan fingerprint density at radius 1 is 1.26 bits per heavy atom. The molecular weight excluding hydrogens is 257 g/mol. The van der Waals surface area contributed by atoms with E-state index in [9.17, 15) is 18.0 Å². The van der Waals surface area contributed by atoms with Crippen molar-refractivity contribution in [2.24, 2.45) is 0 Å². The van der Waals surface area contributed by atoms with Crippen LogP contribution in [0, 0.1) is 0 Å². The molecule has 1 aromatic carbocycles. The van der Waals surface area contributed by atoms with Crippen LogP contribution in [0.1, 0.15) is 42.3 Å². The van der Waals surface area contributed by atoms with E-state index < -0.39 is 23.3 Å². The first kappa shape index (κ1) is 15.3. The third-order valence-corrected chi connectivity index (χ3v) is 2.21. The van der Waals surface area contributed by atoms with Crippen LogP contribution >= 0.6 is 0 Å². The summed E-state index contributed by atoms with van der Waals surface area (Å²) in [6, 6.07) is 3.28. The Morgan fingerprint density at radius 2 is 1.84 bits per heavy atom. The van der Waals surface area contributed by atoms with Crippen molar-refractivity contribution in [3.05, 3.63) is 41.5 Å². The van der Waals surface area contributed by atoms with Crippen LogP contribution in [-0.4, -0.2) is 11.6 Å². The normalized spacial score (nSPS) is 12.1. The summed E-state index contributed by atoms with van der Waals surface area (Å²) < 4.78 is 43.5. The number of carbonyl (C=O) groups is 1. The minimum Gasteiger partial charge on any atom is -0.456 e. The fourth-order valence-electron chi connectivity index (χ4n) is 1.44. The highest BCUT2D eigenvalue weighted by atomic mass is 19.4. The third kappa shape index (κ3) is 4.12. The number of hydrogen-bond donors (Lipinski definition) is 0. The van der Waals surface area contributed by atoms with Crippen LogP contribution in [0.25, 0.3) is 6.08 Å². The zero-order valence-electron chi connectivity index (χ0n) is 11.0. The lowest BCUT2D eigenvalue weighted by Crippen LogP contribution is -2.24. The van der Waals surface area contributed by atoms with E-state index >= 15 is 0 Å². The molecule has 0 aliphatic rings. The minimum atomic E-state index is -4.54. The second kappa shape index (κ2) is 5.07. The number of ether oxygens (including phenoxy) is 1. The second-order valence-corrected chi connectivity index (χ2v) is 5.01. The number of hydrogen-bond acceptors (Lipinski definition) is 2. The predicted octanol–water partition coefficient (Wildman–Crippen LogP) is 4.30. The number of halogens is 3. The van der Waals surface area contributed by atoms with E-state index in [4.69, 9.17) is 4.74 Å². The maximum Gasteiger partial charge on any atom is 0.417 e. The molecule has 0 bridgehead atoms. The van der Waals surface area contributed by atoms with Gasteiger partial charge < -0.3 is 4.74 Å². The lowest BCUT2D eigenvalue weighted by molar-refractivity contribution is -0.137. The van der Waals surface area contributed by atoms with E-state index in [0.29, 0.717) is 0 Å². The van der Waals surface area contributed by atoms with Crippen LogP contribution in [0.2, 0.25) is 0 Å². The molecule has 0 saturated carbocycles. The van der Waals surface area contributed by atoms with Gasteiger partial charge in [0.15, 0.2) is 0 Å². The lowest BCUT2D eigenvalue weighted by Gasteiger charge is -2.20. The summed E-state index contributed by atoms with van der Waals surface area (Å²) in [7, 11) is 0. The van der Waals surface area contributed by atoms with Crippen molar-refractivity contribution in [2.45, 2.75) is 32.5 Å². The maximum absolute atomic E-state index is 12.8. The minimum absolute atomic E-state index is 0.0696. The van der Waals surface area contributed by atoms with E-state index in [2.05, 4.69) is 6.58 Å². The number of benzene rings is 1. The zero-order valence-corrected chi connectivity index (χ0v) is 11.0. The molecule has 0 radical (unpaired) electrons. The summed E-state index contributed by atoms with van der Waals surface area (Å²) in [5.41, 5.74) is -1.86. The summed E-state index contributed by atoms with van der Waals surface area (Å²) in [5, 5.41) is 0. The Morgan fingerprint density at radius 3 is 2.26 bits per heavy atom. The molecule has 0 aromatic heterocycles. The van der Waals surface area contributed by atoms with Crippen LogP contribution in [0.4, 0.5) is 13.2 Å². The van der Waals surface area contributed by atoms with Crippen molar-refractivity contribution in [2.75, 3.05) is 0 Å². The van der Waals surface area contributed by atoms with Gasteiger partial charge >= 0.3 is 12.1 Å².